The molecule has 0 bridgehead atoms. The van der Waals surface area contributed by atoms with Crippen LogP contribution in [0.5, 0.6) is 0 Å². The molecule has 29 heavy (non-hydrogen) atoms. The fraction of sp³-hybridized carbons (Fsp3) is 1.00. The van der Waals surface area contributed by atoms with Crippen molar-refractivity contribution in [1.82, 2.24) is 0 Å². The van der Waals surface area contributed by atoms with Crippen molar-refractivity contribution in [3.8, 4) is 0 Å². The van der Waals surface area contributed by atoms with Gasteiger partial charge in [-0.3, -0.25) is 0 Å². The zero-order chi connectivity index (χ0) is 20.6. The van der Waals surface area contributed by atoms with Crippen LogP contribution in [0.2, 0.25) is 0 Å². The summed E-state index contributed by atoms with van der Waals surface area (Å²) in [6.45, 7) is 10.8. The molecule has 2 aliphatic rings. The molecule has 1 heteroatoms. The molecule has 2 rings (SSSR count). The van der Waals surface area contributed by atoms with E-state index in [9.17, 15) is 0 Å². The number of unbranched alkanes of at least 4 members (excludes halogenated alkanes) is 14. The molecule has 0 amide bonds. The standard InChI is InChI=1S/C28H56N/c1-3-5-7-8-9-10-11-12-13-14-15-16-17-20-24-29(23-6-4-2)25-27-21-18-19-22-28(27)26-29/h27-28H,3-26H2,1-2H3/q+1/t27-,28-/m1/s1. The highest BCUT2D eigenvalue weighted by Gasteiger charge is 2.44. The minimum Gasteiger partial charge on any atom is -0.323 e. The lowest BCUT2D eigenvalue weighted by Gasteiger charge is -2.35. The second-order valence-corrected chi connectivity index (χ2v) is 10.9. The highest BCUT2D eigenvalue weighted by atomic mass is 15.4. The van der Waals surface area contributed by atoms with Crippen LogP contribution in [0.3, 0.4) is 0 Å². The van der Waals surface area contributed by atoms with Crippen molar-refractivity contribution in [2.75, 3.05) is 26.2 Å². The van der Waals surface area contributed by atoms with Crippen LogP contribution in [-0.2, 0) is 0 Å². The Balaban J connectivity index is 1.46. The number of hydrogen-bond acceptors (Lipinski definition) is 0. The van der Waals surface area contributed by atoms with Crippen molar-refractivity contribution in [3.05, 3.63) is 0 Å². The topological polar surface area (TPSA) is 0 Å². The zero-order valence-corrected chi connectivity index (χ0v) is 20.6. The molecule has 2 atom stereocenters. The Morgan fingerprint density at radius 3 is 1.31 bits per heavy atom. The summed E-state index contributed by atoms with van der Waals surface area (Å²) in [5.74, 6) is 2.18. The number of hydrogen-bond donors (Lipinski definition) is 0. The molecule has 0 radical (unpaired) electrons. The largest absolute Gasteiger partial charge is 0.323 e. The zero-order valence-electron chi connectivity index (χ0n) is 20.6. The molecule has 1 saturated heterocycles. The van der Waals surface area contributed by atoms with Gasteiger partial charge in [0.1, 0.15) is 0 Å². The lowest BCUT2D eigenvalue weighted by molar-refractivity contribution is -0.919. The van der Waals surface area contributed by atoms with Crippen molar-refractivity contribution in [3.63, 3.8) is 0 Å². The van der Waals surface area contributed by atoms with Gasteiger partial charge in [-0.15, -0.1) is 0 Å². The second-order valence-electron chi connectivity index (χ2n) is 10.9. The molecular weight excluding hydrogens is 350 g/mol. The minimum atomic E-state index is 1.09. The van der Waals surface area contributed by atoms with Crippen LogP contribution >= 0.6 is 0 Å². The van der Waals surface area contributed by atoms with Gasteiger partial charge in [0.05, 0.1) is 26.2 Å². The molecule has 0 aromatic heterocycles. The molecule has 1 saturated carbocycles. The summed E-state index contributed by atoms with van der Waals surface area (Å²) in [5.41, 5.74) is 0. The van der Waals surface area contributed by atoms with Gasteiger partial charge in [0.15, 0.2) is 0 Å². The Labute approximate surface area is 185 Å². The van der Waals surface area contributed by atoms with Gasteiger partial charge in [0.25, 0.3) is 0 Å². The molecule has 2 fully saturated rings. The van der Waals surface area contributed by atoms with E-state index in [-0.39, 0.29) is 0 Å². The quantitative estimate of drug-likeness (QED) is 0.157. The van der Waals surface area contributed by atoms with Crippen LogP contribution in [0, 0.1) is 11.8 Å². The Bertz CT molecular complexity index is 363. The van der Waals surface area contributed by atoms with E-state index in [2.05, 4.69) is 13.8 Å². The molecule has 0 unspecified atom stereocenters. The second kappa shape index (κ2) is 15.7. The van der Waals surface area contributed by atoms with E-state index >= 15 is 0 Å². The summed E-state index contributed by atoms with van der Waals surface area (Å²) >= 11 is 0. The summed E-state index contributed by atoms with van der Waals surface area (Å²) in [6, 6.07) is 0. The third kappa shape index (κ3) is 10.2. The van der Waals surface area contributed by atoms with E-state index < -0.39 is 0 Å². The summed E-state index contributed by atoms with van der Waals surface area (Å²) < 4.78 is 1.52. The maximum Gasteiger partial charge on any atom is 0.0820 e. The van der Waals surface area contributed by atoms with E-state index in [0.29, 0.717) is 0 Å². The molecule has 1 nitrogen and oxygen atoms in total. The van der Waals surface area contributed by atoms with Gasteiger partial charge in [0.2, 0.25) is 0 Å². The first-order valence-corrected chi connectivity index (χ1v) is 14.1. The van der Waals surface area contributed by atoms with Crippen molar-refractivity contribution in [2.45, 2.75) is 142 Å². The molecule has 1 aliphatic heterocycles. The number of rotatable bonds is 18. The Kier molecular flexibility index (Phi) is 13.7. The predicted octanol–water partition coefficient (Wildman–Crippen LogP) is 8.90. The van der Waals surface area contributed by atoms with Gasteiger partial charge >= 0.3 is 0 Å². The number of quaternary nitrogens is 1. The van der Waals surface area contributed by atoms with E-state index in [4.69, 9.17) is 0 Å². The van der Waals surface area contributed by atoms with E-state index in [0.717, 1.165) is 11.8 Å². The first-order valence-electron chi connectivity index (χ1n) is 14.1. The van der Waals surface area contributed by atoms with Crippen molar-refractivity contribution in [1.29, 1.82) is 0 Å². The average molecular weight is 407 g/mol. The van der Waals surface area contributed by atoms with Gasteiger partial charge in [-0.2, -0.15) is 0 Å². The third-order valence-electron chi connectivity index (χ3n) is 8.28. The van der Waals surface area contributed by atoms with Crippen molar-refractivity contribution < 1.29 is 4.48 Å². The van der Waals surface area contributed by atoms with Crippen LogP contribution in [0.15, 0.2) is 0 Å². The SMILES string of the molecule is CCCCCCCCCCCCCCCC[N+]1(CCCC)C[C@H]2CCCC[C@@H]2C1. The number of fused-ring (bicyclic) bond motifs is 1. The fourth-order valence-corrected chi connectivity index (χ4v) is 6.45. The van der Waals surface area contributed by atoms with E-state index in [1.54, 1.807) is 25.9 Å². The Hall–Kier alpha value is -0.0400. The molecule has 1 aliphatic carbocycles. The first kappa shape index (κ1) is 25.2. The van der Waals surface area contributed by atoms with Crippen LogP contribution in [0.4, 0.5) is 0 Å². The fourth-order valence-electron chi connectivity index (χ4n) is 6.45. The molecule has 0 aromatic carbocycles. The molecule has 1 heterocycles. The van der Waals surface area contributed by atoms with E-state index in [1.807, 2.05) is 0 Å². The minimum absolute atomic E-state index is 1.09. The molecule has 0 spiro atoms. The van der Waals surface area contributed by atoms with Crippen molar-refractivity contribution in [2.24, 2.45) is 11.8 Å². The Morgan fingerprint density at radius 1 is 0.483 bits per heavy atom. The normalized spacial score (nSPS) is 23.4. The average Bonchev–Trinajstić information content (AvgIpc) is 3.11. The molecule has 0 N–H and O–H groups in total. The third-order valence-corrected chi connectivity index (χ3v) is 8.28. The maximum absolute atomic E-state index is 2.38. The van der Waals surface area contributed by atoms with Crippen molar-refractivity contribution >= 4 is 0 Å². The number of nitrogens with zero attached hydrogens (tertiary/aromatic N) is 1. The Morgan fingerprint density at radius 2 is 0.862 bits per heavy atom. The van der Waals surface area contributed by atoms with Gasteiger partial charge in [-0.1, -0.05) is 110 Å². The van der Waals surface area contributed by atoms with Gasteiger partial charge in [-0.25, -0.2) is 0 Å². The van der Waals surface area contributed by atoms with Crippen LogP contribution < -0.4 is 0 Å². The highest BCUT2D eigenvalue weighted by Crippen LogP contribution is 2.40. The van der Waals surface area contributed by atoms with Gasteiger partial charge in [0, 0.05) is 11.8 Å². The molecule has 172 valence electrons. The van der Waals surface area contributed by atoms with Gasteiger partial charge < -0.3 is 4.48 Å². The van der Waals surface area contributed by atoms with Crippen LogP contribution in [0.25, 0.3) is 0 Å². The maximum atomic E-state index is 2.38. The summed E-state index contributed by atoms with van der Waals surface area (Å²) in [5, 5.41) is 0. The summed E-state index contributed by atoms with van der Waals surface area (Å²) in [6.07, 6.45) is 29.7. The highest BCUT2D eigenvalue weighted by molar-refractivity contribution is 4.81. The molecular formula is C28H56N+. The van der Waals surface area contributed by atoms with Gasteiger partial charge in [-0.05, 0) is 32.1 Å². The lowest BCUT2D eigenvalue weighted by atomic mass is 9.82. The molecule has 0 aromatic rings. The summed E-state index contributed by atoms with van der Waals surface area (Å²) in [7, 11) is 0. The summed E-state index contributed by atoms with van der Waals surface area (Å²) in [4.78, 5) is 0. The predicted molar refractivity (Wildman–Crippen MR) is 130 cm³/mol. The lowest BCUT2D eigenvalue weighted by Crippen LogP contribution is -2.47. The number of likely N-dealkylation sites (tertiary alicyclic amines) is 1. The van der Waals surface area contributed by atoms with Crippen LogP contribution in [0.1, 0.15) is 142 Å². The van der Waals surface area contributed by atoms with Crippen LogP contribution in [-0.4, -0.2) is 30.7 Å². The van der Waals surface area contributed by atoms with E-state index in [1.165, 1.54) is 133 Å². The smallest absolute Gasteiger partial charge is 0.0820 e. The first-order chi connectivity index (χ1) is 14.3. The monoisotopic (exact) mass is 406 g/mol.